The van der Waals surface area contributed by atoms with Crippen LogP contribution in [0.15, 0.2) is 70.2 Å². The maximum Gasteiger partial charge on any atom is 0.308 e. The fraction of sp³-hybridized carbons (Fsp3) is 0.207. The summed E-state index contributed by atoms with van der Waals surface area (Å²) in [5, 5.41) is 4.01. The maximum absolute atomic E-state index is 12.5. The molecule has 4 aromatic rings. The zero-order valence-electron chi connectivity index (χ0n) is 22.0. The van der Waals surface area contributed by atoms with Crippen molar-refractivity contribution >= 4 is 40.7 Å². The Hall–Kier alpha value is -4.06. The van der Waals surface area contributed by atoms with E-state index < -0.39 is 11.9 Å². The van der Waals surface area contributed by atoms with Crippen LogP contribution in [-0.4, -0.2) is 29.3 Å². The Morgan fingerprint density at radius 1 is 1.03 bits per heavy atom. The van der Waals surface area contributed by atoms with Crippen LogP contribution in [0.1, 0.15) is 47.1 Å². The van der Waals surface area contributed by atoms with Gasteiger partial charge in [0.25, 0.3) is 0 Å². The van der Waals surface area contributed by atoms with Crippen molar-refractivity contribution in [3.63, 3.8) is 0 Å². The maximum atomic E-state index is 12.5. The van der Waals surface area contributed by atoms with E-state index in [-0.39, 0.29) is 12.4 Å². The lowest BCUT2D eigenvalue weighted by Gasteiger charge is -2.12. The van der Waals surface area contributed by atoms with Crippen LogP contribution in [0.5, 0.6) is 17.2 Å². The van der Waals surface area contributed by atoms with Gasteiger partial charge in [0.05, 0.1) is 16.4 Å². The topological polar surface area (TPSA) is 104 Å². The number of amides is 1. The molecule has 0 saturated heterocycles. The zero-order chi connectivity index (χ0) is 27.9. The Morgan fingerprint density at radius 2 is 1.74 bits per heavy atom. The molecule has 2 aromatic carbocycles. The van der Waals surface area contributed by atoms with E-state index in [1.807, 2.05) is 53.8 Å². The van der Waals surface area contributed by atoms with Crippen molar-refractivity contribution < 1.29 is 28.2 Å². The molecule has 10 heteroatoms. The number of rotatable bonds is 10. The SMILES string of the molecule is CCOc1cc(/C=N/NC(=O)c2ccc(COc3ccc(-n4c(C)ccc4C)cc3)o2)cc(I)c1OC(C)=O. The van der Waals surface area contributed by atoms with E-state index in [4.69, 9.17) is 18.6 Å². The van der Waals surface area contributed by atoms with Crippen molar-refractivity contribution in [1.82, 2.24) is 9.99 Å². The first-order chi connectivity index (χ1) is 18.7. The van der Waals surface area contributed by atoms with Crippen LogP contribution in [0.4, 0.5) is 0 Å². The number of hydrazone groups is 1. The molecule has 0 unspecified atom stereocenters. The third-order valence-corrected chi connectivity index (χ3v) is 6.39. The van der Waals surface area contributed by atoms with Crippen LogP contribution in [0.2, 0.25) is 0 Å². The highest BCUT2D eigenvalue weighted by atomic mass is 127. The Balaban J connectivity index is 1.33. The molecule has 1 amide bonds. The number of hydrogen-bond donors (Lipinski definition) is 1. The predicted molar refractivity (Wildman–Crippen MR) is 155 cm³/mol. The molecule has 0 aliphatic heterocycles. The van der Waals surface area contributed by atoms with Gasteiger partial charge < -0.3 is 23.2 Å². The number of furan rings is 1. The van der Waals surface area contributed by atoms with E-state index in [2.05, 4.69) is 41.1 Å². The molecule has 4 rings (SSSR count). The summed E-state index contributed by atoms with van der Waals surface area (Å²) >= 11 is 2.05. The van der Waals surface area contributed by atoms with Gasteiger partial charge in [-0.3, -0.25) is 9.59 Å². The highest BCUT2D eigenvalue weighted by Gasteiger charge is 2.15. The predicted octanol–water partition coefficient (Wildman–Crippen LogP) is 5.96. The van der Waals surface area contributed by atoms with Crippen molar-refractivity contribution in [3.8, 4) is 22.9 Å². The lowest BCUT2D eigenvalue weighted by molar-refractivity contribution is -0.132. The molecule has 0 aliphatic rings. The molecule has 0 atom stereocenters. The smallest absolute Gasteiger partial charge is 0.308 e. The van der Waals surface area contributed by atoms with Gasteiger partial charge in [0.1, 0.15) is 18.1 Å². The average Bonchev–Trinajstić information content (AvgIpc) is 3.51. The van der Waals surface area contributed by atoms with Crippen molar-refractivity contribution in [3.05, 3.63) is 92.7 Å². The van der Waals surface area contributed by atoms with Crippen LogP contribution >= 0.6 is 22.6 Å². The van der Waals surface area contributed by atoms with E-state index >= 15 is 0 Å². The fourth-order valence-corrected chi connectivity index (χ4v) is 4.62. The highest BCUT2D eigenvalue weighted by molar-refractivity contribution is 14.1. The molecule has 39 heavy (non-hydrogen) atoms. The van der Waals surface area contributed by atoms with Crippen LogP contribution in [0.25, 0.3) is 5.69 Å². The molecular formula is C29H28IN3O6. The van der Waals surface area contributed by atoms with Crippen molar-refractivity contribution in [2.45, 2.75) is 34.3 Å². The normalized spacial score (nSPS) is 11.0. The number of esters is 1. The summed E-state index contributed by atoms with van der Waals surface area (Å²) in [5.74, 6) is 1.11. The quantitative estimate of drug-likeness (QED) is 0.0754. The van der Waals surface area contributed by atoms with E-state index in [1.54, 1.807) is 24.3 Å². The minimum absolute atomic E-state index is 0.106. The molecule has 0 spiro atoms. The molecule has 9 nitrogen and oxygen atoms in total. The molecule has 0 fully saturated rings. The number of benzene rings is 2. The first-order valence-corrected chi connectivity index (χ1v) is 13.3. The minimum Gasteiger partial charge on any atom is -0.490 e. The summed E-state index contributed by atoms with van der Waals surface area (Å²) < 4.78 is 25.1. The van der Waals surface area contributed by atoms with Gasteiger partial charge in [-0.15, -0.1) is 0 Å². The Labute approximate surface area is 239 Å². The standard InChI is InChI=1S/C29H28IN3O6/c1-5-36-27-15-21(14-25(30)28(27)38-20(4)34)16-31-32-29(35)26-13-12-24(39-26)17-37-23-10-8-22(9-11-23)33-18(2)6-7-19(33)3/h6-16H,5,17H2,1-4H3,(H,32,35)/b31-16+. The first-order valence-electron chi connectivity index (χ1n) is 12.2. The molecular weight excluding hydrogens is 613 g/mol. The van der Waals surface area contributed by atoms with Gasteiger partial charge in [-0.1, -0.05) is 0 Å². The monoisotopic (exact) mass is 641 g/mol. The minimum atomic E-state index is -0.504. The van der Waals surface area contributed by atoms with Gasteiger partial charge in [-0.05, 0) is 110 Å². The van der Waals surface area contributed by atoms with Crippen LogP contribution < -0.4 is 19.6 Å². The van der Waals surface area contributed by atoms with Gasteiger partial charge >= 0.3 is 11.9 Å². The van der Waals surface area contributed by atoms with Gasteiger partial charge in [0.15, 0.2) is 17.3 Å². The van der Waals surface area contributed by atoms with Crippen molar-refractivity contribution in [2.24, 2.45) is 5.10 Å². The molecule has 0 bridgehead atoms. The number of carbonyl (C=O) groups excluding carboxylic acids is 2. The molecule has 0 aliphatic carbocycles. The summed E-state index contributed by atoms with van der Waals surface area (Å²) in [5.41, 5.74) is 6.48. The third-order valence-electron chi connectivity index (χ3n) is 5.59. The third kappa shape index (κ3) is 7.08. The van der Waals surface area contributed by atoms with Gasteiger partial charge in [-0.2, -0.15) is 5.10 Å². The van der Waals surface area contributed by atoms with E-state index in [0.717, 1.165) is 17.1 Å². The second-order valence-electron chi connectivity index (χ2n) is 8.56. The number of carbonyl (C=O) groups is 2. The summed E-state index contributed by atoms with van der Waals surface area (Å²) in [6, 6.07) is 18.6. The molecule has 202 valence electrons. The Morgan fingerprint density at radius 3 is 2.41 bits per heavy atom. The molecule has 2 aromatic heterocycles. The van der Waals surface area contributed by atoms with Gasteiger partial charge in [0, 0.05) is 24.0 Å². The number of ether oxygens (including phenoxy) is 3. The summed E-state index contributed by atoms with van der Waals surface area (Å²) in [6.45, 7) is 7.85. The second-order valence-corrected chi connectivity index (χ2v) is 9.72. The summed E-state index contributed by atoms with van der Waals surface area (Å²) in [7, 11) is 0. The van der Waals surface area contributed by atoms with Gasteiger partial charge in [-0.25, -0.2) is 5.43 Å². The van der Waals surface area contributed by atoms with E-state index in [9.17, 15) is 9.59 Å². The number of nitrogens with zero attached hydrogens (tertiary/aromatic N) is 2. The van der Waals surface area contributed by atoms with Crippen LogP contribution in [0, 0.1) is 17.4 Å². The Bertz CT molecular complexity index is 1480. The van der Waals surface area contributed by atoms with Crippen molar-refractivity contribution in [1.29, 1.82) is 0 Å². The van der Waals surface area contributed by atoms with Crippen LogP contribution in [-0.2, 0) is 11.4 Å². The number of hydrogen-bond acceptors (Lipinski definition) is 7. The lowest BCUT2D eigenvalue weighted by atomic mass is 10.2. The van der Waals surface area contributed by atoms with Crippen molar-refractivity contribution in [2.75, 3.05) is 6.61 Å². The van der Waals surface area contributed by atoms with Gasteiger partial charge in [0.2, 0.25) is 0 Å². The number of halogens is 1. The molecule has 0 radical (unpaired) electrons. The van der Waals surface area contributed by atoms with E-state index in [1.165, 1.54) is 13.1 Å². The summed E-state index contributed by atoms with van der Waals surface area (Å²) in [4.78, 5) is 23.9. The second kappa shape index (κ2) is 12.7. The Kier molecular flexibility index (Phi) is 9.07. The fourth-order valence-electron chi connectivity index (χ4n) is 3.89. The largest absolute Gasteiger partial charge is 0.490 e. The molecule has 2 heterocycles. The number of aryl methyl sites for hydroxylation is 2. The van der Waals surface area contributed by atoms with E-state index in [0.29, 0.717) is 38.7 Å². The number of nitrogens with one attached hydrogen (secondary N) is 1. The lowest BCUT2D eigenvalue weighted by Crippen LogP contribution is -2.16. The van der Waals surface area contributed by atoms with Crippen LogP contribution in [0.3, 0.4) is 0 Å². The zero-order valence-corrected chi connectivity index (χ0v) is 24.1. The molecule has 0 saturated carbocycles. The highest BCUT2D eigenvalue weighted by Crippen LogP contribution is 2.34. The molecule has 1 N–H and O–H groups in total. The first kappa shape index (κ1) is 28.0. The summed E-state index contributed by atoms with van der Waals surface area (Å²) in [6.07, 6.45) is 1.47. The average molecular weight is 641 g/mol. The number of aromatic nitrogens is 1.